The molecule has 0 spiro atoms. The number of aromatic nitrogens is 1. The summed E-state index contributed by atoms with van der Waals surface area (Å²) < 4.78 is 0. The maximum Gasteiger partial charge on any atom is 0.222 e. The van der Waals surface area contributed by atoms with Crippen molar-refractivity contribution in [3.63, 3.8) is 0 Å². The monoisotopic (exact) mass is 248 g/mol. The summed E-state index contributed by atoms with van der Waals surface area (Å²) in [6, 6.07) is 3.80. The molecule has 0 radical (unpaired) electrons. The molecular formula is C13H20N4O. The molecule has 2 rings (SSSR count). The molecule has 1 aliphatic rings. The summed E-state index contributed by atoms with van der Waals surface area (Å²) in [7, 11) is 0. The van der Waals surface area contributed by atoms with Crippen LogP contribution < -0.4 is 11.3 Å². The van der Waals surface area contributed by atoms with Crippen LogP contribution in [0.25, 0.3) is 0 Å². The summed E-state index contributed by atoms with van der Waals surface area (Å²) in [6.07, 6.45) is 6.89. The predicted molar refractivity (Wildman–Crippen MR) is 70.5 cm³/mol. The van der Waals surface area contributed by atoms with Gasteiger partial charge in [0.15, 0.2) is 0 Å². The molecule has 0 unspecified atom stereocenters. The van der Waals surface area contributed by atoms with E-state index in [1.54, 1.807) is 6.20 Å². The minimum atomic E-state index is 0.258. The highest BCUT2D eigenvalue weighted by Crippen LogP contribution is 2.15. The molecule has 3 N–H and O–H groups in total. The van der Waals surface area contributed by atoms with E-state index in [4.69, 9.17) is 5.84 Å². The van der Waals surface area contributed by atoms with Crippen LogP contribution in [0.15, 0.2) is 18.3 Å². The SMILES string of the molecule is NNc1cc(CN2CCCCCCC2=O)ccn1. The number of carbonyl (C=O) groups excluding carboxylic acids is 1. The van der Waals surface area contributed by atoms with Crippen molar-refractivity contribution in [2.75, 3.05) is 12.0 Å². The summed E-state index contributed by atoms with van der Waals surface area (Å²) in [6.45, 7) is 1.50. The number of amides is 1. The lowest BCUT2D eigenvalue weighted by molar-refractivity contribution is -0.132. The molecule has 1 aliphatic heterocycles. The van der Waals surface area contributed by atoms with E-state index in [1.807, 2.05) is 17.0 Å². The number of likely N-dealkylation sites (tertiary alicyclic amines) is 1. The third kappa shape index (κ3) is 3.43. The average molecular weight is 248 g/mol. The van der Waals surface area contributed by atoms with Gasteiger partial charge in [0.25, 0.3) is 0 Å². The number of carbonyl (C=O) groups is 1. The van der Waals surface area contributed by atoms with Crippen molar-refractivity contribution in [2.24, 2.45) is 5.84 Å². The highest BCUT2D eigenvalue weighted by Gasteiger charge is 2.15. The second kappa shape index (κ2) is 6.35. The molecule has 1 saturated heterocycles. The van der Waals surface area contributed by atoms with Crippen LogP contribution >= 0.6 is 0 Å². The fourth-order valence-corrected chi connectivity index (χ4v) is 2.25. The molecule has 1 aromatic rings. The van der Waals surface area contributed by atoms with Crippen molar-refractivity contribution < 1.29 is 4.79 Å². The molecule has 0 bridgehead atoms. The minimum absolute atomic E-state index is 0.258. The number of hydrogen-bond acceptors (Lipinski definition) is 4. The van der Waals surface area contributed by atoms with Gasteiger partial charge in [0.2, 0.25) is 5.91 Å². The Kier molecular flexibility index (Phi) is 4.52. The van der Waals surface area contributed by atoms with Gasteiger partial charge in [-0.25, -0.2) is 10.8 Å². The highest BCUT2D eigenvalue weighted by molar-refractivity contribution is 5.76. The van der Waals surface area contributed by atoms with Gasteiger partial charge >= 0.3 is 0 Å². The molecule has 2 heterocycles. The van der Waals surface area contributed by atoms with Crippen LogP contribution in [0.1, 0.15) is 37.7 Å². The smallest absolute Gasteiger partial charge is 0.222 e. The molecule has 5 nitrogen and oxygen atoms in total. The molecule has 0 aromatic carbocycles. The van der Waals surface area contributed by atoms with E-state index in [1.165, 1.54) is 12.8 Å². The largest absolute Gasteiger partial charge is 0.338 e. The summed E-state index contributed by atoms with van der Waals surface area (Å²) in [5.41, 5.74) is 3.59. The van der Waals surface area contributed by atoms with Crippen molar-refractivity contribution in [3.8, 4) is 0 Å². The van der Waals surface area contributed by atoms with E-state index in [-0.39, 0.29) is 5.91 Å². The van der Waals surface area contributed by atoms with Gasteiger partial charge in [0.1, 0.15) is 5.82 Å². The zero-order valence-corrected chi connectivity index (χ0v) is 10.6. The average Bonchev–Trinajstić information content (AvgIpc) is 2.39. The van der Waals surface area contributed by atoms with Gasteiger partial charge in [-0.05, 0) is 30.5 Å². The van der Waals surface area contributed by atoms with Gasteiger partial charge in [-0.2, -0.15) is 0 Å². The minimum Gasteiger partial charge on any atom is -0.338 e. The normalized spacial score (nSPS) is 17.2. The molecular weight excluding hydrogens is 228 g/mol. The lowest BCUT2D eigenvalue weighted by Crippen LogP contribution is -2.32. The number of nitrogens with zero attached hydrogens (tertiary/aromatic N) is 2. The van der Waals surface area contributed by atoms with Crippen LogP contribution in [0.3, 0.4) is 0 Å². The predicted octanol–water partition coefficient (Wildman–Crippen LogP) is 1.66. The molecule has 1 amide bonds. The Bertz CT molecular complexity index is 408. The van der Waals surface area contributed by atoms with Gasteiger partial charge in [0, 0.05) is 25.7 Å². The van der Waals surface area contributed by atoms with Crippen molar-refractivity contribution >= 4 is 11.7 Å². The Labute approximate surface area is 107 Å². The zero-order chi connectivity index (χ0) is 12.8. The van der Waals surface area contributed by atoms with Crippen molar-refractivity contribution in [1.29, 1.82) is 0 Å². The van der Waals surface area contributed by atoms with E-state index >= 15 is 0 Å². The first-order valence-electron chi connectivity index (χ1n) is 6.49. The molecule has 1 fully saturated rings. The van der Waals surface area contributed by atoms with E-state index in [9.17, 15) is 4.79 Å². The van der Waals surface area contributed by atoms with Crippen LogP contribution in [0.2, 0.25) is 0 Å². The number of hydrazine groups is 1. The second-order valence-corrected chi connectivity index (χ2v) is 4.67. The Hall–Kier alpha value is -1.62. The van der Waals surface area contributed by atoms with E-state index in [0.717, 1.165) is 24.9 Å². The van der Waals surface area contributed by atoms with Crippen molar-refractivity contribution in [1.82, 2.24) is 9.88 Å². The number of pyridine rings is 1. The number of nitrogen functional groups attached to an aromatic ring is 1. The number of nitrogens with two attached hydrogens (primary N) is 1. The number of rotatable bonds is 3. The number of anilines is 1. The third-order valence-corrected chi connectivity index (χ3v) is 3.27. The first-order valence-corrected chi connectivity index (χ1v) is 6.49. The number of nitrogens with one attached hydrogen (secondary N) is 1. The Morgan fingerprint density at radius 1 is 1.33 bits per heavy atom. The Morgan fingerprint density at radius 2 is 2.17 bits per heavy atom. The summed E-state index contributed by atoms with van der Waals surface area (Å²) in [5.74, 6) is 6.22. The summed E-state index contributed by atoms with van der Waals surface area (Å²) >= 11 is 0. The van der Waals surface area contributed by atoms with Crippen LogP contribution in [0.5, 0.6) is 0 Å². The molecule has 0 saturated carbocycles. The Morgan fingerprint density at radius 3 is 3.00 bits per heavy atom. The van der Waals surface area contributed by atoms with Crippen LogP contribution in [0.4, 0.5) is 5.82 Å². The lowest BCUT2D eigenvalue weighted by atomic mass is 10.1. The Balaban J connectivity index is 2.03. The molecule has 1 aromatic heterocycles. The maximum absolute atomic E-state index is 12.0. The fraction of sp³-hybridized carbons (Fsp3) is 0.538. The van der Waals surface area contributed by atoms with Gasteiger partial charge < -0.3 is 10.3 Å². The third-order valence-electron chi connectivity index (χ3n) is 3.27. The van der Waals surface area contributed by atoms with Crippen LogP contribution in [-0.2, 0) is 11.3 Å². The first kappa shape index (κ1) is 12.8. The highest BCUT2D eigenvalue weighted by atomic mass is 16.2. The standard InChI is InChI=1S/C13H20N4O/c14-16-12-9-11(6-7-15-12)10-17-8-4-2-1-3-5-13(17)18/h6-7,9H,1-5,8,10,14H2,(H,15,16). The van der Waals surface area contributed by atoms with E-state index in [2.05, 4.69) is 10.4 Å². The number of hydrogen-bond donors (Lipinski definition) is 2. The van der Waals surface area contributed by atoms with Crippen LogP contribution in [-0.4, -0.2) is 22.3 Å². The van der Waals surface area contributed by atoms with Gasteiger partial charge in [-0.15, -0.1) is 0 Å². The van der Waals surface area contributed by atoms with Crippen molar-refractivity contribution in [3.05, 3.63) is 23.9 Å². The summed E-state index contributed by atoms with van der Waals surface area (Å²) in [5, 5.41) is 0. The van der Waals surface area contributed by atoms with Gasteiger partial charge in [0.05, 0.1) is 0 Å². The summed E-state index contributed by atoms with van der Waals surface area (Å²) in [4.78, 5) is 18.0. The van der Waals surface area contributed by atoms with Gasteiger partial charge in [-0.1, -0.05) is 12.8 Å². The maximum atomic E-state index is 12.0. The quantitative estimate of drug-likeness (QED) is 0.630. The topological polar surface area (TPSA) is 71.2 Å². The zero-order valence-electron chi connectivity index (χ0n) is 10.6. The molecule has 0 atom stereocenters. The molecule has 18 heavy (non-hydrogen) atoms. The van der Waals surface area contributed by atoms with E-state index < -0.39 is 0 Å². The fourth-order valence-electron chi connectivity index (χ4n) is 2.25. The molecule has 0 aliphatic carbocycles. The molecule has 98 valence electrons. The van der Waals surface area contributed by atoms with Gasteiger partial charge in [-0.3, -0.25) is 4.79 Å². The van der Waals surface area contributed by atoms with Crippen molar-refractivity contribution in [2.45, 2.75) is 38.6 Å². The lowest BCUT2D eigenvalue weighted by Gasteiger charge is -2.25. The second-order valence-electron chi connectivity index (χ2n) is 4.67. The molecule has 5 heteroatoms. The van der Waals surface area contributed by atoms with E-state index in [0.29, 0.717) is 18.8 Å². The van der Waals surface area contributed by atoms with Crippen LogP contribution in [0, 0.1) is 0 Å². The first-order chi connectivity index (χ1) is 8.79.